The molecular formula is C28H41NO5. The van der Waals surface area contributed by atoms with Crippen LogP contribution in [0, 0.1) is 23.2 Å². The van der Waals surface area contributed by atoms with Gasteiger partial charge in [0.15, 0.2) is 0 Å². The van der Waals surface area contributed by atoms with Gasteiger partial charge in [0.05, 0.1) is 23.9 Å². The molecule has 9 atom stereocenters. The van der Waals surface area contributed by atoms with Crippen molar-refractivity contribution in [2.45, 2.75) is 108 Å². The lowest BCUT2D eigenvalue weighted by atomic mass is 9.42. The predicted molar refractivity (Wildman–Crippen MR) is 128 cm³/mol. The third-order valence-corrected chi connectivity index (χ3v) is 10.4. The Morgan fingerprint density at radius 1 is 1.18 bits per heavy atom. The molecule has 0 aromatic rings. The van der Waals surface area contributed by atoms with Crippen LogP contribution >= 0.6 is 0 Å². The minimum Gasteiger partial charge on any atom is -0.456 e. The summed E-state index contributed by atoms with van der Waals surface area (Å²) in [5.41, 5.74) is -0.132. The van der Waals surface area contributed by atoms with E-state index in [1.165, 1.54) is 25.3 Å². The molecule has 4 unspecified atom stereocenters. The van der Waals surface area contributed by atoms with Crippen LogP contribution < -0.4 is 0 Å². The molecule has 4 aliphatic carbocycles. The maximum Gasteiger partial charge on any atom is 0.331 e. The van der Waals surface area contributed by atoms with E-state index >= 15 is 0 Å². The van der Waals surface area contributed by atoms with E-state index in [1.807, 2.05) is 19.9 Å². The van der Waals surface area contributed by atoms with E-state index in [2.05, 4.69) is 4.90 Å². The van der Waals surface area contributed by atoms with Crippen LogP contribution in [0.2, 0.25) is 0 Å². The second-order valence-electron chi connectivity index (χ2n) is 12.3. The Balaban J connectivity index is 1.29. The lowest BCUT2D eigenvalue weighted by molar-refractivity contribution is -0.273. The van der Waals surface area contributed by atoms with Gasteiger partial charge in [-0.05, 0) is 83.6 Å². The van der Waals surface area contributed by atoms with Crippen molar-refractivity contribution in [2.75, 3.05) is 13.1 Å². The zero-order chi connectivity index (χ0) is 23.7. The number of ether oxygens (including phenoxy) is 2. The van der Waals surface area contributed by atoms with Crippen LogP contribution in [-0.2, 0) is 14.3 Å². The number of likely N-dealkylation sites (tertiary alicyclic amines) is 1. The van der Waals surface area contributed by atoms with Gasteiger partial charge >= 0.3 is 5.97 Å². The molecule has 2 heterocycles. The molecule has 188 valence electrons. The summed E-state index contributed by atoms with van der Waals surface area (Å²) < 4.78 is 12.6. The molecule has 1 spiro atoms. The fourth-order valence-corrected chi connectivity index (χ4v) is 8.85. The summed E-state index contributed by atoms with van der Waals surface area (Å²) in [5.74, 6) is 1.04. The van der Waals surface area contributed by atoms with Crippen LogP contribution in [0.25, 0.3) is 0 Å². The molecule has 0 aromatic heterocycles. The number of hydrogen-bond acceptors (Lipinski definition) is 6. The Morgan fingerprint density at radius 3 is 2.74 bits per heavy atom. The lowest BCUT2D eigenvalue weighted by Crippen LogP contribution is -2.78. The average Bonchev–Trinajstić information content (AvgIpc) is 3.11. The molecule has 0 amide bonds. The smallest absolute Gasteiger partial charge is 0.331 e. The number of hydrogen-bond donors (Lipinski definition) is 2. The first-order valence-electron chi connectivity index (χ1n) is 13.7. The van der Waals surface area contributed by atoms with Crippen molar-refractivity contribution < 1.29 is 24.5 Å². The Labute approximate surface area is 203 Å². The second kappa shape index (κ2) is 8.43. The average molecular weight is 472 g/mol. The molecule has 2 N–H and O–H groups in total. The van der Waals surface area contributed by atoms with Crippen LogP contribution in [0.5, 0.6) is 0 Å². The molecule has 6 aliphatic rings. The number of nitrogens with zero attached hydrogens (tertiary/aromatic N) is 1. The monoisotopic (exact) mass is 471 g/mol. The SMILES string of the molecule is CC(C)=C/C=C/C(=O)OC1CCC2C[C@H]3N(CC4CCC4)CC[C@]45C2C1O[C@H]4[C@@H](O)CC[C@@]35O. The molecule has 34 heavy (non-hydrogen) atoms. The number of allylic oxidation sites excluding steroid dienone is 3. The normalized spacial score (nSPS) is 47.7. The molecule has 4 saturated carbocycles. The maximum atomic E-state index is 12.6. The van der Waals surface area contributed by atoms with Crippen molar-refractivity contribution in [3.8, 4) is 0 Å². The number of esters is 1. The Kier molecular flexibility index (Phi) is 5.75. The summed E-state index contributed by atoms with van der Waals surface area (Å²) in [7, 11) is 0. The maximum absolute atomic E-state index is 12.6. The number of piperidine rings is 1. The molecule has 6 rings (SSSR count). The van der Waals surface area contributed by atoms with E-state index < -0.39 is 17.1 Å². The first kappa shape index (κ1) is 23.2. The van der Waals surface area contributed by atoms with Gasteiger partial charge in [0.2, 0.25) is 0 Å². The first-order chi connectivity index (χ1) is 16.3. The zero-order valence-electron chi connectivity index (χ0n) is 20.7. The van der Waals surface area contributed by atoms with Gasteiger partial charge in [-0.25, -0.2) is 4.79 Å². The van der Waals surface area contributed by atoms with E-state index in [-0.39, 0.29) is 36.2 Å². The van der Waals surface area contributed by atoms with Gasteiger partial charge < -0.3 is 19.7 Å². The molecule has 0 radical (unpaired) electrons. The summed E-state index contributed by atoms with van der Waals surface area (Å²) in [6.45, 7) is 6.06. The summed E-state index contributed by atoms with van der Waals surface area (Å²) in [6, 6.07) is 0.159. The van der Waals surface area contributed by atoms with Gasteiger partial charge in [-0.3, -0.25) is 4.90 Å². The molecule has 2 saturated heterocycles. The fraction of sp³-hybridized carbons (Fsp3) is 0.821. The highest BCUT2D eigenvalue weighted by molar-refractivity contribution is 5.82. The lowest BCUT2D eigenvalue weighted by Gasteiger charge is -2.68. The topological polar surface area (TPSA) is 79.2 Å². The van der Waals surface area contributed by atoms with Crippen molar-refractivity contribution in [1.82, 2.24) is 4.90 Å². The van der Waals surface area contributed by atoms with Crippen molar-refractivity contribution >= 4 is 5.97 Å². The van der Waals surface area contributed by atoms with Crippen LogP contribution in [0.3, 0.4) is 0 Å². The fourth-order valence-electron chi connectivity index (χ4n) is 8.85. The second-order valence-corrected chi connectivity index (χ2v) is 12.3. The summed E-state index contributed by atoms with van der Waals surface area (Å²) in [6.07, 6.45) is 12.5. The van der Waals surface area contributed by atoms with Crippen LogP contribution in [0.4, 0.5) is 0 Å². The standard InChI is InChI=1S/C28H41NO5/c1-17(2)5-3-8-23(31)33-21-10-9-19-15-22-28(32)12-11-20(30)26-27(28,24(19)25(21)34-26)13-14-29(22)16-18-6-4-7-18/h3,5,8,18-22,24-26,30,32H,4,6-7,9-16H2,1-2H3/b8-3+/t19?,20-,21?,22+,24?,25?,26-,27-,28+/m0/s1. The van der Waals surface area contributed by atoms with Crippen LogP contribution in [0.15, 0.2) is 23.8 Å². The molecule has 6 heteroatoms. The molecule has 6 fully saturated rings. The number of aliphatic hydroxyl groups is 2. The van der Waals surface area contributed by atoms with E-state index in [0.717, 1.165) is 50.3 Å². The number of carbonyl (C=O) groups excluding carboxylic acids is 1. The molecule has 0 aromatic carbocycles. The van der Waals surface area contributed by atoms with Gasteiger partial charge in [0, 0.05) is 30.0 Å². The van der Waals surface area contributed by atoms with Crippen molar-refractivity contribution in [2.24, 2.45) is 23.2 Å². The van der Waals surface area contributed by atoms with Gasteiger partial charge in [0.1, 0.15) is 6.10 Å². The summed E-state index contributed by atoms with van der Waals surface area (Å²) >= 11 is 0. The van der Waals surface area contributed by atoms with Crippen molar-refractivity contribution in [3.05, 3.63) is 23.8 Å². The molecular weight excluding hydrogens is 430 g/mol. The quantitative estimate of drug-likeness (QED) is 0.364. The highest BCUT2D eigenvalue weighted by Crippen LogP contribution is 2.69. The predicted octanol–water partition coefficient (Wildman–Crippen LogP) is 3.36. The van der Waals surface area contributed by atoms with Crippen molar-refractivity contribution in [1.29, 1.82) is 0 Å². The van der Waals surface area contributed by atoms with E-state index in [9.17, 15) is 15.0 Å². The van der Waals surface area contributed by atoms with Gasteiger partial charge in [-0.2, -0.15) is 0 Å². The minimum absolute atomic E-state index is 0.146. The molecule has 6 nitrogen and oxygen atoms in total. The Morgan fingerprint density at radius 2 is 2.00 bits per heavy atom. The first-order valence-corrected chi connectivity index (χ1v) is 13.7. The van der Waals surface area contributed by atoms with Crippen LogP contribution in [0.1, 0.15) is 71.6 Å². The minimum atomic E-state index is -0.829. The molecule has 2 aliphatic heterocycles. The number of carbonyl (C=O) groups is 1. The van der Waals surface area contributed by atoms with Crippen molar-refractivity contribution in [3.63, 3.8) is 0 Å². The highest BCUT2D eigenvalue weighted by Gasteiger charge is 2.77. The zero-order valence-corrected chi connectivity index (χ0v) is 20.7. The van der Waals surface area contributed by atoms with Gasteiger partial charge in [-0.15, -0.1) is 0 Å². The summed E-state index contributed by atoms with van der Waals surface area (Å²) in [5, 5.41) is 23.6. The highest BCUT2D eigenvalue weighted by atomic mass is 16.6. The largest absolute Gasteiger partial charge is 0.456 e. The van der Waals surface area contributed by atoms with E-state index in [4.69, 9.17) is 9.47 Å². The number of rotatable bonds is 5. The van der Waals surface area contributed by atoms with E-state index in [1.54, 1.807) is 6.08 Å². The Bertz CT molecular complexity index is 878. The Hall–Kier alpha value is -1.21. The van der Waals surface area contributed by atoms with E-state index in [0.29, 0.717) is 18.8 Å². The third kappa shape index (κ3) is 3.31. The summed E-state index contributed by atoms with van der Waals surface area (Å²) in [4.78, 5) is 15.2. The van der Waals surface area contributed by atoms with Gasteiger partial charge in [-0.1, -0.05) is 24.1 Å². The van der Waals surface area contributed by atoms with Crippen LogP contribution in [-0.4, -0.2) is 70.2 Å². The van der Waals surface area contributed by atoms with Gasteiger partial charge in [0.25, 0.3) is 0 Å². The third-order valence-electron chi connectivity index (χ3n) is 10.4. The number of aliphatic hydroxyl groups excluding tert-OH is 1. The molecule has 2 bridgehead atoms.